The molecule has 116 valence electrons. The standard InChI is InChI=1S/C14H19FN2O3S/c1-3-21(19,20)17-8-6-16(7-9-17)14(18)12-5-4-11(2)13(15)10-12/h4-5,10H,3,6-9H2,1-2H3. The molecule has 0 bridgehead atoms. The van der Waals surface area contributed by atoms with Crippen molar-refractivity contribution in [3.05, 3.63) is 35.1 Å². The van der Waals surface area contributed by atoms with Crippen molar-refractivity contribution in [2.75, 3.05) is 31.9 Å². The van der Waals surface area contributed by atoms with Gasteiger partial charge in [-0.3, -0.25) is 4.79 Å². The topological polar surface area (TPSA) is 57.7 Å². The van der Waals surface area contributed by atoms with Crippen LogP contribution >= 0.6 is 0 Å². The molecular weight excluding hydrogens is 295 g/mol. The van der Waals surface area contributed by atoms with E-state index in [1.807, 2.05) is 0 Å². The smallest absolute Gasteiger partial charge is 0.254 e. The summed E-state index contributed by atoms with van der Waals surface area (Å²) in [5.41, 5.74) is 0.787. The summed E-state index contributed by atoms with van der Waals surface area (Å²) in [5, 5.41) is 0. The van der Waals surface area contributed by atoms with E-state index in [2.05, 4.69) is 0 Å². The van der Waals surface area contributed by atoms with Crippen LogP contribution in [-0.2, 0) is 10.0 Å². The van der Waals surface area contributed by atoms with Gasteiger partial charge in [-0.1, -0.05) is 6.07 Å². The summed E-state index contributed by atoms with van der Waals surface area (Å²) in [6, 6.07) is 4.39. The Balaban J connectivity index is 2.05. The van der Waals surface area contributed by atoms with E-state index in [9.17, 15) is 17.6 Å². The third-order valence-corrected chi connectivity index (χ3v) is 5.58. The van der Waals surface area contributed by atoms with E-state index in [1.54, 1.807) is 30.9 Å². The summed E-state index contributed by atoms with van der Waals surface area (Å²) in [7, 11) is -3.21. The second kappa shape index (κ2) is 6.11. The minimum atomic E-state index is -3.21. The van der Waals surface area contributed by atoms with E-state index in [0.29, 0.717) is 24.2 Å². The Kier molecular flexibility index (Phi) is 4.63. The van der Waals surface area contributed by atoms with Crippen LogP contribution in [0.2, 0.25) is 0 Å². The first-order valence-electron chi connectivity index (χ1n) is 6.88. The number of piperazine rings is 1. The van der Waals surface area contributed by atoms with Gasteiger partial charge in [0.15, 0.2) is 0 Å². The molecule has 1 aliphatic rings. The van der Waals surface area contributed by atoms with Crippen molar-refractivity contribution < 1.29 is 17.6 Å². The van der Waals surface area contributed by atoms with Crippen molar-refractivity contribution in [1.29, 1.82) is 0 Å². The number of halogens is 1. The minimum absolute atomic E-state index is 0.0596. The van der Waals surface area contributed by atoms with Gasteiger partial charge in [0.1, 0.15) is 5.82 Å². The third-order valence-electron chi connectivity index (χ3n) is 3.70. The predicted octanol–water partition coefficient (Wildman–Crippen LogP) is 1.24. The van der Waals surface area contributed by atoms with E-state index < -0.39 is 15.8 Å². The van der Waals surface area contributed by atoms with Crippen LogP contribution in [0.25, 0.3) is 0 Å². The number of hydrogen-bond acceptors (Lipinski definition) is 3. The highest BCUT2D eigenvalue weighted by Crippen LogP contribution is 2.14. The summed E-state index contributed by atoms with van der Waals surface area (Å²) >= 11 is 0. The molecule has 0 aromatic heterocycles. The van der Waals surface area contributed by atoms with Crippen LogP contribution < -0.4 is 0 Å². The molecule has 1 aromatic rings. The van der Waals surface area contributed by atoms with Gasteiger partial charge in [-0.2, -0.15) is 4.31 Å². The Morgan fingerprint density at radius 3 is 2.38 bits per heavy atom. The van der Waals surface area contributed by atoms with Gasteiger partial charge in [0.2, 0.25) is 10.0 Å². The lowest BCUT2D eigenvalue weighted by molar-refractivity contribution is 0.0697. The average Bonchev–Trinajstić information content (AvgIpc) is 2.49. The summed E-state index contributed by atoms with van der Waals surface area (Å²) in [4.78, 5) is 13.8. The number of amides is 1. The second-order valence-electron chi connectivity index (χ2n) is 5.06. The molecule has 0 radical (unpaired) electrons. The Hall–Kier alpha value is -1.47. The average molecular weight is 314 g/mol. The highest BCUT2D eigenvalue weighted by molar-refractivity contribution is 7.89. The molecule has 1 heterocycles. The first-order chi connectivity index (χ1) is 9.85. The van der Waals surface area contributed by atoms with Gasteiger partial charge in [0.25, 0.3) is 5.91 Å². The molecule has 0 aliphatic carbocycles. The number of nitrogens with zero attached hydrogens (tertiary/aromatic N) is 2. The van der Waals surface area contributed by atoms with Gasteiger partial charge < -0.3 is 4.90 Å². The summed E-state index contributed by atoms with van der Waals surface area (Å²) in [6.07, 6.45) is 0. The summed E-state index contributed by atoms with van der Waals surface area (Å²) in [5.74, 6) is -0.611. The quantitative estimate of drug-likeness (QED) is 0.843. The fourth-order valence-corrected chi connectivity index (χ4v) is 3.35. The highest BCUT2D eigenvalue weighted by atomic mass is 32.2. The number of hydrogen-bond donors (Lipinski definition) is 0. The van der Waals surface area contributed by atoms with E-state index in [-0.39, 0.29) is 24.7 Å². The fraction of sp³-hybridized carbons (Fsp3) is 0.500. The number of carbonyl (C=O) groups excluding carboxylic acids is 1. The van der Waals surface area contributed by atoms with Crippen LogP contribution in [0.5, 0.6) is 0 Å². The predicted molar refractivity (Wildman–Crippen MR) is 78.1 cm³/mol. The van der Waals surface area contributed by atoms with Crippen molar-refractivity contribution in [2.24, 2.45) is 0 Å². The molecule has 1 fully saturated rings. The first kappa shape index (κ1) is 15.9. The molecule has 0 spiro atoms. The lowest BCUT2D eigenvalue weighted by atomic mass is 10.1. The number of benzene rings is 1. The largest absolute Gasteiger partial charge is 0.336 e. The van der Waals surface area contributed by atoms with E-state index in [1.165, 1.54) is 10.4 Å². The molecule has 1 saturated heterocycles. The third kappa shape index (κ3) is 3.41. The lowest BCUT2D eigenvalue weighted by Crippen LogP contribution is -2.50. The van der Waals surface area contributed by atoms with Gasteiger partial charge in [0, 0.05) is 31.7 Å². The van der Waals surface area contributed by atoms with Crippen LogP contribution in [0.4, 0.5) is 4.39 Å². The van der Waals surface area contributed by atoms with Gasteiger partial charge in [0.05, 0.1) is 5.75 Å². The van der Waals surface area contributed by atoms with Crippen LogP contribution in [0.15, 0.2) is 18.2 Å². The van der Waals surface area contributed by atoms with Gasteiger partial charge in [-0.25, -0.2) is 12.8 Å². The van der Waals surface area contributed by atoms with Crippen molar-refractivity contribution in [3.8, 4) is 0 Å². The van der Waals surface area contributed by atoms with Crippen LogP contribution in [0, 0.1) is 12.7 Å². The molecule has 1 aromatic carbocycles. The van der Waals surface area contributed by atoms with E-state index in [4.69, 9.17) is 0 Å². The second-order valence-corrected chi connectivity index (χ2v) is 7.31. The Labute approximate surface area is 124 Å². The van der Waals surface area contributed by atoms with Gasteiger partial charge in [-0.15, -0.1) is 0 Å². The number of rotatable bonds is 3. The molecule has 0 atom stereocenters. The molecule has 0 unspecified atom stereocenters. The Morgan fingerprint density at radius 2 is 1.86 bits per heavy atom. The maximum atomic E-state index is 13.5. The molecule has 0 saturated carbocycles. The SMILES string of the molecule is CCS(=O)(=O)N1CCN(C(=O)c2ccc(C)c(F)c2)CC1. The maximum absolute atomic E-state index is 13.5. The van der Waals surface area contributed by atoms with Crippen molar-refractivity contribution >= 4 is 15.9 Å². The van der Waals surface area contributed by atoms with Crippen molar-refractivity contribution in [1.82, 2.24) is 9.21 Å². The zero-order chi connectivity index (χ0) is 15.6. The minimum Gasteiger partial charge on any atom is -0.336 e. The number of carbonyl (C=O) groups is 1. The Morgan fingerprint density at radius 1 is 1.24 bits per heavy atom. The fourth-order valence-electron chi connectivity index (χ4n) is 2.26. The highest BCUT2D eigenvalue weighted by Gasteiger charge is 2.28. The normalized spacial score (nSPS) is 17.0. The molecule has 21 heavy (non-hydrogen) atoms. The molecule has 0 N–H and O–H groups in total. The van der Waals surface area contributed by atoms with Gasteiger partial charge in [-0.05, 0) is 31.5 Å². The van der Waals surface area contributed by atoms with Gasteiger partial charge >= 0.3 is 0 Å². The number of sulfonamides is 1. The number of aryl methyl sites for hydroxylation is 1. The lowest BCUT2D eigenvalue weighted by Gasteiger charge is -2.33. The van der Waals surface area contributed by atoms with Crippen molar-refractivity contribution in [3.63, 3.8) is 0 Å². The van der Waals surface area contributed by atoms with Crippen LogP contribution in [-0.4, -0.2) is 55.5 Å². The van der Waals surface area contributed by atoms with Crippen molar-refractivity contribution in [2.45, 2.75) is 13.8 Å². The van der Waals surface area contributed by atoms with E-state index >= 15 is 0 Å². The Bertz CT molecular complexity index is 638. The molecule has 5 nitrogen and oxygen atoms in total. The summed E-state index contributed by atoms with van der Waals surface area (Å²) < 4.78 is 38.4. The summed E-state index contributed by atoms with van der Waals surface area (Å²) in [6.45, 7) is 4.47. The van der Waals surface area contributed by atoms with Crippen LogP contribution in [0.1, 0.15) is 22.8 Å². The van der Waals surface area contributed by atoms with E-state index in [0.717, 1.165) is 0 Å². The van der Waals surface area contributed by atoms with Crippen LogP contribution in [0.3, 0.4) is 0 Å². The zero-order valence-corrected chi connectivity index (χ0v) is 13.0. The molecule has 7 heteroatoms. The molecule has 1 amide bonds. The first-order valence-corrected chi connectivity index (χ1v) is 8.49. The molecule has 1 aliphatic heterocycles. The molecular formula is C14H19FN2O3S. The molecule has 2 rings (SSSR count). The maximum Gasteiger partial charge on any atom is 0.254 e. The zero-order valence-electron chi connectivity index (χ0n) is 12.2. The monoisotopic (exact) mass is 314 g/mol.